The zero-order valence-corrected chi connectivity index (χ0v) is 33.4. The summed E-state index contributed by atoms with van der Waals surface area (Å²) in [4.78, 5) is 53.8. The Morgan fingerprint density at radius 1 is 0.492 bits per heavy atom. The maximum Gasteiger partial charge on any atom is 0.402 e. The summed E-state index contributed by atoms with van der Waals surface area (Å²) in [7, 11) is 1.44. The standard InChI is InChI=1S/C48H37F3N2O8/c1-26-22-29(10-20-40(26)54)47(4,48(49,50)51)30-11-21-41(55)39(23-30)53-44(58)36-19-17-34(25-38(36)45(53)59)61-32-14-8-28(9-15-32)46(2,3)27-6-12-31(13-7-27)60-33-16-18-35-37(24-33)43(57)52(5)42(35)56/h6-25,54-55H,1-5H3. The maximum atomic E-state index is 14.9. The summed E-state index contributed by atoms with van der Waals surface area (Å²) in [5.41, 5.74) is -1.34. The minimum atomic E-state index is -4.86. The Bertz CT molecular complexity index is 2820. The number of carbonyl (C=O) groups is 4. The highest BCUT2D eigenvalue weighted by molar-refractivity contribution is 6.35. The molecule has 2 N–H and O–H groups in total. The highest BCUT2D eigenvalue weighted by Crippen LogP contribution is 2.49. The lowest BCUT2D eigenvalue weighted by Gasteiger charge is -2.34. The number of fused-ring (bicyclic) bond motifs is 2. The third-order valence-corrected chi connectivity index (χ3v) is 11.7. The summed E-state index contributed by atoms with van der Waals surface area (Å²) in [6.45, 7) is 6.53. The molecule has 61 heavy (non-hydrogen) atoms. The van der Waals surface area contributed by atoms with E-state index in [1.807, 2.05) is 36.4 Å². The molecule has 4 amide bonds. The van der Waals surface area contributed by atoms with E-state index in [2.05, 4.69) is 13.8 Å². The second-order valence-electron chi connectivity index (χ2n) is 15.7. The molecular weight excluding hydrogens is 790 g/mol. The number of aryl methyl sites for hydroxylation is 1. The molecule has 6 aromatic carbocycles. The van der Waals surface area contributed by atoms with Gasteiger partial charge in [-0.15, -0.1) is 0 Å². The summed E-state index contributed by atoms with van der Waals surface area (Å²) >= 11 is 0. The third kappa shape index (κ3) is 6.71. The zero-order valence-electron chi connectivity index (χ0n) is 33.4. The summed E-state index contributed by atoms with van der Waals surface area (Å²) in [6, 6.07) is 30.5. The maximum absolute atomic E-state index is 14.9. The van der Waals surface area contributed by atoms with Gasteiger partial charge in [-0.1, -0.05) is 56.3 Å². The Balaban J connectivity index is 0.982. The number of alkyl halides is 3. The predicted octanol–water partition coefficient (Wildman–Crippen LogP) is 10.2. The monoisotopic (exact) mass is 826 g/mol. The van der Waals surface area contributed by atoms with Crippen LogP contribution in [0.3, 0.4) is 0 Å². The molecule has 0 bridgehead atoms. The molecule has 2 aliphatic heterocycles. The fourth-order valence-electron chi connectivity index (χ4n) is 7.70. The Hall–Kier alpha value is -7.41. The summed E-state index contributed by atoms with van der Waals surface area (Å²) in [6.07, 6.45) is -4.86. The van der Waals surface area contributed by atoms with E-state index in [-0.39, 0.29) is 51.1 Å². The van der Waals surface area contributed by atoms with E-state index in [4.69, 9.17) is 9.47 Å². The Labute approximate surface area is 348 Å². The molecular formula is C48H37F3N2O8. The van der Waals surface area contributed by atoms with Crippen LogP contribution in [0, 0.1) is 6.92 Å². The van der Waals surface area contributed by atoms with Crippen molar-refractivity contribution in [1.82, 2.24) is 4.90 Å². The van der Waals surface area contributed by atoms with Crippen molar-refractivity contribution in [3.05, 3.63) is 171 Å². The minimum Gasteiger partial charge on any atom is -0.508 e. The molecule has 13 heteroatoms. The summed E-state index contributed by atoms with van der Waals surface area (Å²) in [5.74, 6) is -1.55. The van der Waals surface area contributed by atoms with Crippen LogP contribution in [0.5, 0.6) is 34.5 Å². The average Bonchev–Trinajstić information content (AvgIpc) is 3.60. The molecule has 6 aromatic rings. The lowest BCUT2D eigenvalue weighted by atomic mass is 9.75. The van der Waals surface area contributed by atoms with E-state index >= 15 is 0 Å². The van der Waals surface area contributed by atoms with Crippen LogP contribution in [0.2, 0.25) is 0 Å². The Morgan fingerprint density at radius 3 is 1.41 bits per heavy atom. The number of anilines is 1. The first kappa shape index (κ1) is 40.4. The first-order valence-electron chi connectivity index (χ1n) is 19.1. The van der Waals surface area contributed by atoms with Gasteiger partial charge in [0.05, 0.1) is 27.9 Å². The second-order valence-corrected chi connectivity index (χ2v) is 15.7. The largest absolute Gasteiger partial charge is 0.508 e. The first-order valence-corrected chi connectivity index (χ1v) is 19.1. The van der Waals surface area contributed by atoms with Crippen molar-refractivity contribution in [2.24, 2.45) is 0 Å². The fourth-order valence-corrected chi connectivity index (χ4v) is 7.70. The number of aromatic hydroxyl groups is 2. The van der Waals surface area contributed by atoms with Gasteiger partial charge in [0.15, 0.2) is 0 Å². The van der Waals surface area contributed by atoms with Crippen LogP contribution in [0.1, 0.15) is 90.0 Å². The van der Waals surface area contributed by atoms with Crippen molar-refractivity contribution in [2.75, 3.05) is 11.9 Å². The fraction of sp³-hybridized carbons (Fsp3) is 0.167. The molecule has 2 aliphatic rings. The lowest BCUT2D eigenvalue weighted by Crippen LogP contribution is -2.41. The Kier molecular flexibility index (Phi) is 9.53. The quantitative estimate of drug-likeness (QED) is 0.138. The van der Waals surface area contributed by atoms with Crippen LogP contribution in [0.15, 0.2) is 121 Å². The van der Waals surface area contributed by atoms with Crippen LogP contribution in [-0.2, 0) is 10.8 Å². The number of nitrogens with zero attached hydrogens (tertiary/aromatic N) is 2. The molecule has 8 rings (SSSR count). The number of halogens is 3. The molecule has 10 nitrogen and oxygen atoms in total. The van der Waals surface area contributed by atoms with E-state index in [0.29, 0.717) is 33.3 Å². The molecule has 0 aromatic heterocycles. The predicted molar refractivity (Wildman–Crippen MR) is 219 cm³/mol. The van der Waals surface area contributed by atoms with E-state index in [9.17, 15) is 42.6 Å². The third-order valence-electron chi connectivity index (χ3n) is 11.7. The smallest absolute Gasteiger partial charge is 0.402 e. The van der Waals surface area contributed by atoms with Crippen LogP contribution in [0.4, 0.5) is 18.9 Å². The molecule has 0 fully saturated rings. The molecule has 0 radical (unpaired) electrons. The number of amides is 4. The molecule has 1 atom stereocenters. The molecule has 0 saturated heterocycles. The van der Waals surface area contributed by atoms with Crippen molar-refractivity contribution in [3.63, 3.8) is 0 Å². The van der Waals surface area contributed by atoms with Crippen LogP contribution in [0.25, 0.3) is 0 Å². The van der Waals surface area contributed by atoms with E-state index in [1.54, 1.807) is 30.3 Å². The van der Waals surface area contributed by atoms with Gasteiger partial charge in [0.1, 0.15) is 39.9 Å². The number of phenols is 2. The normalized spacial score (nSPS) is 14.9. The molecule has 2 heterocycles. The van der Waals surface area contributed by atoms with Crippen molar-refractivity contribution < 1.29 is 52.0 Å². The number of carbonyl (C=O) groups excluding carboxylic acids is 4. The van der Waals surface area contributed by atoms with Crippen molar-refractivity contribution in [2.45, 2.75) is 44.7 Å². The number of imide groups is 2. The van der Waals surface area contributed by atoms with E-state index in [1.165, 1.54) is 44.3 Å². The van der Waals surface area contributed by atoms with Gasteiger partial charge in [-0.05, 0) is 121 Å². The highest BCUT2D eigenvalue weighted by atomic mass is 19.4. The molecule has 1 unspecified atom stereocenters. The number of hydrogen-bond donors (Lipinski definition) is 2. The number of phenolic OH excluding ortho intramolecular Hbond substituents is 2. The van der Waals surface area contributed by atoms with Crippen LogP contribution >= 0.6 is 0 Å². The minimum absolute atomic E-state index is 0.0184. The van der Waals surface area contributed by atoms with Gasteiger partial charge in [-0.25, -0.2) is 4.90 Å². The van der Waals surface area contributed by atoms with E-state index in [0.717, 1.165) is 47.2 Å². The zero-order chi connectivity index (χ0) is 43.8. The average molecular weight is 827 g/mol. The summed E-state index contributed by atoms with van der Waals surface area (Å²) < 4.78 is 56.7. The Morgan fingerprint density at radius 2 is 0.902 bits per heavy atom. The van der Waals surface area contributed by atoms with Gasteiger partial charge in [0.25, 0.3) is 23.6 Å². The van der Waals surface area contributed by atoms with Gasteiger partial charge in [0, 0.05) is 12.5 Å². The van der Waals surface area contributed by atoms with Crippen LogP contribution < -0.4 is 14.4 Å². The molecule has 0 spiro atoms. The molecule has 0 aliphatic carbocycles. The number of hydrogen-bond acceptors (Lipinski definition) is 8. The second kappa shape index (κ2) is 14.4. The van der Waals surface area contributed by atoms with Crippen molar-refractivity contribution in [3.8, 4) is 34.5 Å². The number of rotatable bonds is 9. The number of ether oxygens (including phenoxy) is 2. The van der Waals surface area contributed by atoms with Crippen molar-refractivity contribution in [1.29, 1.82) is 0 Å². The number of benzene rings is 6. The highest BCUT2D eigenvalue weighted by Gasteiger charge is 2.54. The van der Waals surface area contributed by atoms with Gasteiger partial charge >= 0.3 is 6.18 Å². The lowest BCUT2D eigenvalue weighted by molar-refractivity contribution is -0.173. The SMILES string of the molecule is Cc1cc(C(C)(c2ccc(O)c(N3C(=O)c4ccc(Oc5ccc(C(C)(C)c6ccc(Oc7ccc8c(c7)C(=O)N(C)C8=O)cc6)cc5)cc4C3=O)c2)C(F)(F)F)ccc1O. The first-order chi connectivity index (χ1) is 28.8. The topological polar surface area (TPSA) is 134 Å². The molecule has 308 valence electrons. The van der Waals surface area contributed by atoms with Gasteiger partial charge in [-0.3, -0.25) is 24.1 Å². The summed E-state index contributed by atoms with van der Waals surface area (Å²) in [5, 5.41) is 20.8. The van der Waals surface area contributed by atoms with Gasteiger partial charge in [-0.2, -0.15) is 13.2 Å². The van der Waals surface area contributed by atoms with Crippen LogP contribution in [-0.4, -0.2) is 52.0 Å². The molecule has 0 saturated carbocycles. The van der Waals surface area contributed by atoms with Gasteiger partial charge in [0.2, 0.25) is 0 Å². The van der Waals surface area contributed by atoms with Crippen molar-refractivity contribution >= 4 is 29.3 Å². The van der Waals surface area contributed by atoms with Gasteiger partial charge < -0.3 is 19.7 Å². The van der Waals surface area contributed by atoms with E-state index < -0.39 is 40.3 Å².